The fraction of sp³-hybridized carbons (Fsp3) is 0.615. The number of methoxy groups -OCH3 is 1. The molecule has 0 spiro atoms. The smallest absolute Gasteiger partial charge is 0.409 e. The number of aliphatic hydroxyl groups excluding tert-OH is 1. The van der Waals surface area contributed by atoms with Crippen LogP contribution in [-0.4, -0.2) is 108 Å². The summed E-state index contributed by atoms with van der Waals surface area (Å²) in [5, 5.41) is 27.6. The molecule has 3 N–H and O–H groups in total. The SMILES string of the molecule is C=C[C@@]1(C)CC(=O)[C@]2(O)[C@@]3(C)[C@@H](O)CCC(C)(C)[C@@H]3[C@H](OC(=O)NCCN(C)C(=O)OCc3cc(=O)oc4cc(OCOC)c(Br)cc34)[C@H](OOC(C)=O)[C@@]2(C)O1. The van der Waals surface area contributed by atoms with Gasteiger partial charge in [-0.15, -0.1) is 6.58 Å². The predicted octanol–water partition coefficient (Wildman–Crippen LogP) is 4.31. The van der Waals surface area contributed by atoms with Crippen LogP contribution < -0.4 is 15.7 Å². The molecule has 0 bridgehead atoms. The Morgan fingerprint density at radius 3 is 2.49 bits per heavy atom. The summed E-state index contributed by atoms with van der Waals surface area (Å²) in [6.45, 7) is 12.7. The van der Waals surface area contributed by atoms with Crippen LogP contribution in [0.4, 0.5) is 9.59 Å². The Morgan fingerprint density at radius 2 is 1.84 bits per heavy atom. The molecule has 1 aliphatic heterocycles. The van der Waals surface area contributed by atoms with Crippen LogP contribution in [0.1, 0.15) is 66.4 Å². The van der Waals surface area contributed by atoms with E-state index >= 15 is 0 Å². The monoisotopic (exact) mass is 866 g/mol. The van der Waals surface area contributed by atoms with Crippen molar-refractivity contribution in [1.82, 2.24) is 10.2 Å². The van der Waals surface area contributed by atoms with Gasteiger partial charge in [0.1, 0.15) is 29.6 Å². The van der Waals surface area contributed by atoms with E-state index in [1.165, 1.54) is 44.2 Å². The van der Waals surface area contributed by atoms with Gasteiger partial charge >= 0.3 is 23.8 Å². The van der Waals surface area contributed by atoms with E-state index < -0.39 is 81.4 Å². The number of ether oxygens (including phenoxy) is 5. The van der Waals surface area contributed by atoms with Gasteiger partial charge in [0.05, 0.1) is 16.2 Å². The Kier molecular flexibility index (Phi) is 12.6. The Bertz CT molecular complexity index is 1970. The average molecular weight is 868 g/mol. The van der Waals surface area contributed by atoms with Crippen LogP contribution in [0, 0.1) is 16.7 Å². The molecule has 57 heavy (non-hydrogen) atoms. The molecule has 5 rings (SSSR count). The van der Waals surface area contributed by atoms with Crippen molar-refractivity contribution in [3.05, 3.63) is 51.3 Å². The minimum atomic E-state index is -2.41. The number of nitrogens with zero attached hydrogens (tertiary/aromatic N) is 1. The van der Waals surface area contributed by atoms with E-state index in [1.807, 2.05) is 13.8 Å². The number of rotatable bonds is 12. The van der Waals surface area contributed by atoms with Crippen molar-refractivity contribution in [2.75, 3.05) is 34.0 Å². The number of hydrogen-bond donors (Lipinski definition) is 3. The van der Waals surface area contributed by atoms with Crippen LogP contribution in [0.3, 0.4) is 0 Å². The minimum absolute atomic E-state index is 0.0328. The zero-order chi connectivity index (χ0) is 42.3. The van der Waals surface area contributed by atoms with Gasteiger partial charge in [-0.2, -0.15) is 4.89 Å². The van der Waals surface area contributed by atoms with Crippen LogP contribution in [0.5, 0.6) is 5.75 Å². The number of Topliss-reactive ketones (excluding diaryl/α,β-unsaturated/α-hetero) is 1. The summed E-state index contributed by atoms with van der Waals surface area (Å²) in [5.41, 5.74) is -8.31. The second kappa shape index (κ2) is 16.3. The average Bonchev–Trinajstić information content (AvgIpc) is 3.12. The maximum Gasteiger partial charge on any atom is 0.409 e. The number of alkyl carbamates (subject to hydrolysis) is 1. The lowest BCUT2D eigenvalue weighted by atomic mass is 9.39. The van der Waals surface area contributed by atoms with Crippen molar-refractivity contribution in [1.29, 1.82) is 0 Å². The van der Waals surface area contributed by atoms with Crippen LogP contribution in [0.2, 0.25) is 0 Å². The number of amides is 2. The van der Waals surface area contributed by atoms with E-state index in [0.29, 0.717) is 27.6 Å². The number of aliphatic hydroxyl groups is 2. The fourth-order valence-electron chi connectivity index (χ4n) is 9.06. The van der Waals surface area contributed by atoms with Gasteiger partial charge in [-0.1, -0.05) is 26.8 Å². The molecule has 3 aliphatic rings. The van der Waals surface area contributed by atoms with Crippen LogP contribution in [0.25, 0.3) is 11.0 Å². The van der Waals surface area contributed by atoms with E-state index in [4.69, 9.17) is 37.9 Å². The summed E-state index contributed by atoms with van der Waals surface area (Å²) < 4.78 is 34.4. The number of benzene rings is 1. The first kappa shape index (κ1) is 44.0. The van der Waals surface area contributed by atoms with Crippen LogP contribution in [0.15, 0.2) is 44.5 Å². The zero-order valence-electron chi connectivity index (χ0n) is 33.3. The molecular formula is C39H51BrN2O15. The van der Waals surface area contributed by atoms with E-state index in [2.05, 4.69) is 27.8 Å². The van der Waals surface area contributed by atoms with Gasteiger partial charge in [0.2, 0.25) is 0 Å². The van der Waals surface area contributed by atoms with Gasteiger partial charge in [-0.25, -0.2) is 19.2 Å². The Morgan fingerprint density at radius 1 is 1.14 bits per heavy atom. The highest BCUT2D eigenvalue weighted by molar-refractivity contribution is 9.10. The van der Waals surface area contributed by atoms with E-state index in [0.717, 1.165) is 6.92 Å². The van der Waals surface area contributed by atoms with Gasteiger partial charge in [0, 0.05) is 75.0 Å². The van der Waals surface area contributed by atoms with Crippen molar-refractivity contribution >= 4 is 50.8 Å². The molecule has 18 heteroatoms. The van der Waals surface area contributed by atoms with Gasteiger partial charge in [-0.05, 0) is 54.1 Å². The molecule has 314 valence electrons. The molecule has 17 nitrogen and oxygen atoms in total. The van der Waals surface area contributed by atoms with Crippen molar-refractivity contribution in [2.45, 2.75) is 103 Å². The third kappa shape index (κ3) is 7.91. The number of nitrogens with one attached hydrogen (secondary N) is 1. The number of fused-ring (bicyclic) bond motifs is 4. The second-order valence-electron chi connectivity index (χ2n) is 16.1. The maximum atomic E-state index is 14.2. The molecule has 2 aromatic rings. The molecule has 1 aromatic carbocycles. The number of likely N-dealkylation sites (N-methyl/N-ethyl adjacent to an activating group) is 1. The molecule has 3 fully saturated rings. The van der Waals surface area contributed by atoms with Crippen molar-refractivity contribution in [2.24, 2.45) is 16.7 Å². The van der Waals surface area contributed by atoms with E-state index in [1.54, 1.807) is 19.9 Å². The first-order valence-corrected chi connectivity index (χ1v) is 19.2. The lowest BCUT2D eigenvalue weighted by molar-refractivity contribution is -0.421. The third-order valence-corrected chi connectivity index (χ3v) is 12.4. The Hall–Kier alpha value is -4.07. The van der Waals surface area contributed by atoms with Gasteiger partial charge < -0.3 is 48.5 Å². The van der Waals surface area contributed by atoms with Gasteiger partial charge in [-0.3, -0.25) is 9.68 Å². The summed E-state index contributed by atoms with van der Waals surface area (Å²) in [4.78, 5) is 77.2. The number of ketones is 1. The molecule has 2 saturated carbocycles. The summed E-state index contributed by atoms with van der Waals surface area (Å²) in [6.07, 6.45) is -4.17. The standard InChI is InChI=1S/C39H51BrN2O15/c1-10-36(5)18-28(45)39(49)37(6)27(44)11-12-35(3,4)31(37)30(32(38(39,7)57-36)56-55-21(2)43)54-33(47)41-13-14-42(8)34(48)51-19-22-15-29(46)53-25-17-26(52-20-50-9)24(40)16-23(22)25/h10,15-17,27,30-32,44,49H,1,11-14,18-20H2,2-9H3,(H,41,47)/t27-,30-,31-,32-,36-,37-,38+,39-/m0/s1. The van der Waals surface area contributed by atoms with Crippen molar-refractivity contribution < 1.29 is 67.3 Å². The molecule has 2 aliphatic carbocycles. The number of carbonyl (C=O) groups excluding carboxylic acids is 4. The highest BCUT2D eigenvalue weighted by atomic mass is 79.9. The quantitative estimate of drug-likeness (QED) is 0.0891. The molecule has 1 saturated heterocycles. The van der Waals surface area contributed by atoms with Gasteiger partial charge in [0.15, 0.2) is 24.3 Å². The topological polar surface area (TPSA) is 219 Å². The summed E-state index contributed by atoms with van der Waals surface area (Å²) in [6, 6.07) is 4.39. The molecule has 0 unspecified atom stereocenters. The molecule has 2 heterocycles. The summed E-state index contributed by atoms with van der Waals surface area (Å²) >= 11 is 3.42. The van der Waals surface area contributed by atoms with E-state index in [-0.39, 0.29) is 44.9 Å². The normalized spacial score (nSPS) is 31.7. The Balaban J connectivity index is 1.33. The highest BCUT2D eigenvalue weighted by Gasteiger charge is 2.82. The molecule has 2 amide bonds. The summed E-state index contributed by atoms with van der Waals surface area (Å²) in [5.74, 6) is -2.07. The predicted molar refractivity (Wildman–Crippen MR) is 204 cm³/mol. The maximum absolute atomic E-state index is 14.2. The zero-order valence-corrected chi connectivity index (χ0v) is 34.9. The fourth-order valence-corrected chi connectivity index (χ4v) is 9.52. The van der Waals surface area contributed by atoms with Gasteiger partial charge in [0.25, 0.3) is 0 Å². The third-order valence-electron chi connectivity index (χ3n) is 11.8. The summed E-state index contributed by atoms with van der Waals surface area (Å²) in [7, 11) is 2.91. The first-order valence-electron chi connectivity index (χ1n) is 18.4. The van der Waals surface area contributed by atoms with E-state index in [9.17, 15) is 34.2 Å². The second-order valence-corrected chi connectivity index (χ2v) is 17.0. The van der Waals surface area contributed by atoms with Crippen LogP contribution >= 0.6 is 15.9 Å². The lowest BCUT2D eigenvalue weighted by Gasteiger charge is -2.71. The van der Waals surface area contributed by atoms with Crippen molar-refractivity contribution in [3.8, 4) is 5.75 Å². The lowest BCUT2D eigenvalue weighted by Crippen LogP contribution is -2.87. The largest absolute Gasteiger partial charge is 0.466 e. The molecule has 0 radical (unpaired) electrons. The highest BCUT2D eigenvalue weighted by Crippen LogP contribution is 2.67. The Labute approximate surface area is 337 Å². The molecular weight excluding hydrogens is 816 g/mol. The molecule has 1 aromatic heterocycles. The van der Waals surface area contributed by atoms with Crippen molar-refractivity contribution in [3.63, 3.8) is 0 Å². The minimum Gasteiger partial charge on any atom is -0.466 e. The number of hydrogen-bond acceptors (Lipinski definition) is 15. The number of halogens is 1. The number of carbonyl (C=O) groups is 4. The first-order chi connectivity index (χ1) is 26.6. The molecule has 8 atom stereocenters. The van der Waals surface area contributed by atoms with Crippen LogP contribution in [-0.2, 0) is 44.9 Å².